The van der Waals surface area contributed by atoms with Crippen LogP contribution in [0.15, 0.2) is 0 Å². The normalized spacial score (nSPS) is 14.3. The molecule has 0 saturated heterocycles. The van der Waals surface area contributed by atoms with E-state index in [2.05, 4.69) is 0 Å². The molecule has 0 rings (SSSR count). The second-order valence-corrected chi connectivity index (χ2v) is 9.58. The molecule has 0 aromatic heterocycles. The first-order valence-electron chi connectivity index (χ1n) is 6.57. The van der Waals surface area contributed by atoms with E-state index in [-0.39, 0.29) is 24.2 Å². The third kappa shape index (κ3) is 10.9. The van der Waals surface area contributed by atoms with Crippen LogP contribution in [0.25, 0.3) is 0 Å². The zero-order valence-electron chi connectivity index (χ0n) is 13.0. The summed E-state index contributed by atoms with van der Waals surface area (Å²) in [6.07, 6.45) is 0.316. The van der Waals surface area contributed by atoms with Gasteiger partial charge in [0, 0.05) is 12.8 Å². The smallest absolute Gasteiger partial charge is 0.283 e. The zero-order valence-corrected chi connectivity index (χ0v) is 14.8. The molecular weight excluding hydrogens is 330 g/mol. The predicted molar refractivity (Wildman–Crippen MR) is 85.0 cm³/mol. The van der Waals surface area contributed by atoms with E-state index < -0.39 is 27.0 Å². The van der Waals surface area contributed by atoms with Gasteiger partial charge in [-0.2, -0.15) is 0 Å². The minimum absolute atomic E-state index is 0.00190. The first-order valence-corrected chi connectivity index (χ1v) is 10.3. The Morgan fingerprint density at radius 1 is 0.955 bits per heavy atom. The van der Waals surface area contributed by atoms with Gasteiger partial charge in [-0.3, -0.25) is 50.9 Å². The van der Waals surface area contributed by atoms with Gasteiger partial charge in [-0.1, -0.05) is 20.8 Å². The predicted octanol–water partition coefficient (Wildman–Crippen LogP) is 0.102. The molecule has 0 fully saturated rings. The van der Waals surface area contributed by atoms with Crippen LogP contribution < -0.4 is 32.2 Å². The highest BCUT2D eigenvalue weighted by atomic mass is 31.2. The minimum atomic E-state index is -3.65. The molecule has 1 unspecified atom stereocenters. The molecule has 0 radical (unpaired) electrons. The summed E-state index contributed by atoms with van der Waals surface area (Å²) in [6.45, 7) is 5.68. The van der Waals surface area contributed by atoms with E-state index in [1.807, 2.05) is 30.9 Å². The van der Waals surface area contributed by atoms with Gasteiger partial charge in [0.1, 0.15) is 0 Å². The van der Waals surface area contributed by atoms with Crippen molar-refractivity contribution in [2.45, 2.75) is 40.0 Å². The molecule has 0 aliphatic rings. The maximum atomic E-state index is 11.8. The Hall–Kier alpha value is -0.760. The number of rotatable bonds is 7. The molecule has 0 aliphatic carbocycles. The molecule has 10 N–H and O–H groups in total. The van der Waals surface area contributed by atoms with Crippen molar-refractivity contribution in [1.29, 1.82) is 0 Å². The van der Waals surface area contributed by atoms with Crippen LogP contribution in [0.5, 0.6) is 0 Å². The van der Waals surface area contributed by atoms with Crippen molar-refractivity contribution in [3.63, 3.8) is 0 Å². The van der Waals surface area contributed by atoms with E-state index in [0.717, 1.165) is 0 Å². The number of carbonyl (C=O) groups excluding carboxylic acids is 2. The van der Waals surface area contributed by atoms with E-state index in [4.69, 9.17) is 22.0 Å². The Bertz CT molecular complexity index is 506. The van der Waals surface area contributed by atoms with Crippen LogP contribution in [0.2, 0.25) is 0 Å². The number of carbonyl (C=O) groups is 2. The molecule has 0 aliphatic heterocycles. The molecule has 0 aromatic carbocycles. The van der Waals surface area contributed by atoms with Gasteiger partial charge in [0.2, 0.25) is 11.8 Å². The topological polar surface area (TPSA) is 196 Å². The fourth-order valence-corrected chi connectivity index (χ4v) is 2.84. The SMILES string of the molecule is CC(C)(C)C(CCC(=O)NP(N)(N)=O)CC(=O)NP(N)(N)=O. The second-order valence-electron chi connectivity index (χ2n) is 6.29. The number of hydrogen-bond acceptors (Lipinski definition) is 4. The van der Waals surface area contributed by atoms with E-state index in [1.165, 1.54) is 0 Å². The highest BCUT2D eigenvalue weighted by molar-refractivity contribution is 7.57. The summed E-state index contributed by atoms with van der Waals surface area (Å²) in [5, 5.41) is 4.04. The fourth-order valence-electron chi connectivity index (χ4n) is 1.86. The summed E-state index contributed by atoms with van der Waals surface area (Å²) in [6, 6.07) is 0. The molecule has 0 spiro atoms. The van der Waals surface area contributed by atoms with E-state index in [9.17, 15) is 18.7 Å². The summed E-state index contributed by atoms with van der Waals surface area (Å²) in [5.41, 5.74) is 20.0. The maximum Gasteiger partial charge on any atom is 0.300 e. The lowest BCUT2D eigenvalue weighted by atomic mass is 9.76. The molecule has 1 atom stereocenters. The first-order chi connectivity index (χ1) is 9.60. The monoisotopic (exact) mass is 356 g/mol. The maximum absolute atomic E-state index is 11.8. The molecule has 0 bridgehead atoms. The van der Waals surface area contributed by atoms with Crippen molar-refractivity contribution in [1.82, 2.24) is 10.2 Å². The van der Waals surface area contributed by atoms with Gasteiger partial charge < -0.3 is 0 Å². The Morgan fingerprint density at radius 2 is 1.36 bits per heavy atom. The van der Waals surface area contributed by atoms with Gasteiger partial charge in [0.05, 0.1) is 0 Å². The molecule has 130 valence electrons. The van der Waals surface area contributed by atoms with Crippen molar-refractivity contribution in [2.75, 3.05) is 0 Å². The number of nitrogens with one attached hydrogen (secondary N) is 2. The summed E-state index contributed by atoms with van der Waals surface area (Å²) in [4.78, 5) is 23.3. The van der Waals surface area contributed by atoms with Crippen LogP contribution in [0.1, 0.15) is 40.0 Å². The van der Waals surface area contributed by atoms with Crippen LogP contribution in [0.3, 0.4) is 0 Å². The lowest BCUT2D eigenvalue weighted by Gasteiger charge is -2.30. The summed E-state index contributed by atoms with van der Waals surface area (Å²) >= 11 is 0. The van der Waals surface area contributed by atoms with Crippen LogP contribution in [0.4, 0.5) is 0 Å². The van der Waals surface area contributed by atoms with Gasteiger partial charge in [-0.15, -0.1) is 0 Å². The second kappa shape index (κ2) is 7.68. The third-order valence-electron chi connectivity index (χ3n) is 2.98. The van der Waals surface area contributed by atoms with E-state index in [1.54, 1.807) is 0 Å². The molecule has 22 heavy (non-hydrogen) atoms. The highest BCUT2D eigenvalue weighted by Gasteiger charge is 2.29. The van der Waals surface area contributed by atoms with Gasteiger partial charge in [-0.05, 0) is 17.8 Å². The standard InChI is InChI=1S/C10H26N6O4P2/c1-10(2,3)7(6-9(18)16-22(13,14)20)4-5-8(17)15-21(11,12)19/h7H,4-6H2,1-3H3,(H5,11,12,15,17,19)(H5,13,14,16,18,20). The van der Waals surface area contributed by atoms with Crippen LogP contribution in [0, 0.1) is 11.3 Å². The van der Waals surface area contributed by atoms with Crippen molar-refractivity contribution >= 4 is 27.0 Å². The Morgan fingerprint density at radius 3 is 1.73 bits per heavy atom. The Balaban J connectivity index is 4.69. The van der Waals surface area contributed by atoms with Crippen molar-refractivity contribution in [3.05, 3.63) is 0 Å². The van der Waals surface area contributed by atoms with Gasteiger partial charge >= 0.3 is 0 Å². The summed E-state index contributed by atoms with van der Waals surface area (Å²) < 4.78 is 22.3. The molecule has 0 aromatic rings. The van der Waals surface area contributed by atoms with Crippen LogP contribution >= 0.6 is 15.2 Å². The minimum Gasteiger partial charge on any atom is -0.283 e. The summed E-state index contributed by atoms with van der Waals surface area (Å²) in [5.74, 6) is -1.34. The lowest BCUT2D eigenvalue weighted by molar-refractivity contribution is -0.123. The fraction of sp³-hybridized carbons (Fsp3) is 0.800. The number of nitrogens with two attached hydrogens (primary N) is 4. The van der Waals surface area contributed by atoms with Crippen molar-refractivity contribution in [2.24, 2.45) is 33.3 Å². The molecule has 12 heteroatoms. The molecule has 0 saturated carbocycles. The molecule has 0 heterocycles. The summed E-state index contributed by atoms with van der Waals surface area (Å²) in [7, 11) is -7.27. The average Bonchev–Trinajstić information content (AvgIpc) is 2.16. The highest BCUT2D eigenvalue weighted by Crippen LogP contribution is 2.33. The lowest BCUT2D eigenvalue weighted by Crippen LogP contribution is -2.34. The van der Waals surface area contributed by atoms with Gasteiger partial charge in [0.15, 0.2) is 0 Å². The quantitative estimate of drug-likeness (QED) is 0.345. The number of hydrogen-bond donors (Lipinski definition) is 6. The van der Waals surface area contributed by atoms with Crippen molar-refractivity contribution in [3.8, 4) is 0 Å². The molecular formula is C10H26N6O4P2. The Kier molecular flexibility index (Phi) is 7.41. The van der Waals surface area contributed by atoms with Crippen molar-refractivity contribution < 1.29 is 18.7 Å². The van der Waals surface area contributed by atoms with E-state index in [0.29, 0.717) is 6.42 Å². The first kappa shape index (κ1) is 21.2. The number of amides is 2. The van der Waals surface area contributed by atoms with Gasteiger partial charge in [0.25, 0.3) is 15.2 Å². The Labute approximate surface area is 130 Å². The zero-order chi connectivity index (χ0) is 17.8. The van der Waals surface area contributed by atoms with Crippen LogP contribution in [-0.2, 0) is 18.7 Å². The third-order valence-corrected chi connectivity index (χ3v) is 4.17. The van der Waals surface area contributed by atoms with Crippen LogP contribution in [-0.4, -0.2) is 11.8 Å². The molecule has 2 amide bonds. The van der Waals surface area contributed by atoms with Gasteiger partial charge in [-0.25, -0.2) is 0 Å². The largest absolute Gasteiger partial charge is 0.300 e. The molecule has 10 nitrogen and oxygen atoms in total. The average molecular weight is 356 g/mol. The van der Waals surface area contributed by atoms with E-state index >= 15 is 0 Å².